The first-order valence-electron chi connectivity index (χ1n) is 5.78. The standard InChI is InChI=1S/C13H12O3S2/c14-12(10-5-7-18(15,16)8-10)11-3-1-2-9-4-6-17-13(9)11/h1-4,6,10H,5,7-8H2. The number of carbonyl (C=O) groups excluding carboxylic acids is 1. The van der Waals surface area contributed by atoms with Crippen molar-refractivity contribution < 1.29 is 13.2 Å². The van der Waals surface area contributed by atoms with Crippen molar-refractivity contribution in [3.05, 3.63) is 35.2 Å². The molecule has 1 aromatic carbocycles. The Kier molecular flexibility index (Phi) is 2.75. The van der Waals surface area contributed by atoms with Gasteiger partial charge in [0.2, 0.25) is 0 Å². The number of hydrogen-bond donors (Lipinski definition) is 0. The molecule has 1 aliphatic heterocycles. The van der Waals surface area contributed by atoms with Crippen molar-refractivity contribution in [2.75, 3.05) is 11.5 Å². The molecular formula is C13H12O3S2. The van der Waals surface area contributed by atoms with Crippen LogP contribution in [0.2, 0.25) is 0 Å². The maximum Gasteiger partial charge on any atom is 0.168 e. The Morgan fingerprint density at radius 2 is 2.11 bits per heavy atom. The number of hydrogen-bond acceptors (Lipinski definition) is 4. The van der Waals surface area contributed by atoms with Gasteiger partial charge in [0.15, 0.2) is 15.6 Å². The van der Waals surface area contributed by atoms with Gasteiger partial charge in [0.1, 0.15) is 0 Å². The molecule has 1 aromatic heterocycles. The van der Waals surface area contributed by atoms with Crippen LogP contribution in [0.25, 0.3) is 10.1 Å². The molecule has 2 aromatic rings. The first-order chi connectivity index (χ1) is 8.57. The number of ketones is 1. The molecule has 1 unspecified atom stereocenters. The molecule has 1 saturated heterocycles. The highest BCUT2D eigenvalue weighted by Gasteiger charge is 2.33. The quantitative estimate of drug-likeness (QED) is 0.794. The maximum absolute atomic E-state index is 12.4. The Balaban J connectivity index is 2.00. The second-order valence-corrected chi connectivity index (χ2v) is 7.75. The highest BCUT2D eigenvalue weighted by Crippen LogP contribution is 2.29. The molecule has 5 heteroatoms. The summed E-state index contributed by atoms with van der Waals surface area (Å²) in [5, 5.41) is 3.00. The Labute approximate surface area is 109 Å². The first kappa shape index (κ1) is 11.9. The molecule has 1 fully saturated rings. The smallest absolute Gasteiger partial charge is 0.168 e. The number of carbonyl (C=O) groups is 1. The molecule has 0 N–H and O–H groups in total. The first-order valence-corrected chi connectivity index (χ1v) is 8.48. The molecule has 3 rings (SSSR count). The van der Waals surface area contributed by atoms with Gasteiger partial charge in [-0.15, -0.1) is 11.3 Å². The van der Waals surface area contributed by atoms with E-state index in [9.17, 15) is 13.2 Å². The average molecular weight is 280 g/mol. The Morgan fingerprint density at radius 1 is 1.28 bits per heavy atom. The Bertz CT molecular complexity index is 713. The molecule has 0 spiro atoms. The molecule has 0 amide bonds. The van der Waals surface area contributed by atoms with Gasteiger partial charge in [-0.25, -0.2) is 8.42 Å². The van der Waals surface area contributed by atoms with E-state index in [-0.39, 0.29) is 23.2 Å². The molecule has 0 radical (unpaired) electrons. The SMILES string of the molecule is O=C(c1cccc2ccsc12)C1CCS(=O)(=O)C1. The van der Waals surface area contributed by atoms with E-state index in [1.165, 1.54) is 11.3 Å². The van der Waals surface area contributed by atoms with Crippen molar-refractivity contribution in [3.63, 3.8) is 0 Å². The van der Waals surface area contributed by atoms with Crippen LogP contribution in [0, 0.1) is 5.92 Å². The zero-order valence-electron chi connectivity index (χ0n) is 9.63. The molecule has 0 aliphatic carbocycles. The fourth-order valence-electron chi connectivity index (χ4n) is 2.41. The largest absolute Gasteiger partial charge is 0.294 e. The van der Waals surface area contributed by atoms with Gasteiger partial charge in [0.25, 0.3) is 0 Å². The number of rotatable bonds is 2. The van der Waals surface area contributed by atoms with Crippen molar-refractivity contribution in [1.29, 1.82) is 0 Å². The number of Topliss-reactive ketones (excluding diaryl/α,β-unsaturated/α-hetero) is 1. The summed E-state index contributed by atoms with van der Waals surface area (Å²) >= 11 is 1.53. The monoisotopic (exact) mass is 280 g/mol. The van der Waals surface area contributed by atoms with Crippen molar-refractivity contribution in [3.8, 4) is 0 Å². The van der Waals surface area contributed by atoms with Crippen LogP contribution in [-0.2, 0) is 9.84 Å². The second-order valence-electron chi connectivity index (χ2n) is 4.61. The van der Waals surface area contributed by atoms with E-state index in [4.69, 9.17) is 0 Å². The fourth-order valence-corrected chi connectivity index (χ4v) is 5.07. The van der Waals surface area contributed by atoms with Crippen LogP contribution >= 0.6 is 11.3 Å². The summed E-state index contributed by atoms with van der Waals surface area (Å²) in [7, 11) is -3.01. The predicted octanol–water partition coefficient (Wildman–Crippen LogP) is 2.52. The lowest BCUT2D eigenvalue weighted by Gasteiger charge is -2.07. The van der Waals surface area contributed by atoms with Crippen LogP contribution in [0.5, 0.6) is 0 Å². The van der Waals surface area contributed by atoms with Crippen LogP contribution in [0.15, 0.2) is 29.6 Å². The molecule has 2 heterocycles. The van der Waals surface area contributed by atoms with E-state index >= 15 is 0 Å². The molecule has 94 valence electrons. The summed E-state index contributed by atoms with van der Waals surface area (Å²) in [4.78, 5) is 12.4. The van der Waals surface area contributed by atoms with Crippen molar-refractivity contribution in [2.45, 2.75) is 6.42 Å². The van der Waals surface area contributed by atoms with E-state index < -0.39 is 9.84 Å². The summed E-state index contributed by atoms with van der Waals surface area (Å²) in [6, 6.07) is 7.59. The predicted molar refractivity (Wildman–Crippen MR) is 72.9 cm³/mol. The molecule has 3 nitrogen and oxygen atoms in total. The van der Waals surface area contributed by atoms with Gasteiger partial charge in [0.05, 0.1) is 11.5 Å². The van der Waals surface area contributed by atoms with Crippen LogP contribution in [0.1, 0.15) is 16.8 Å². The summed E-state index contributed by atoms with van der Waals surface area (Å²) in [6.07, 6.45) is 0.461. The molecule has 1 atom stereocenters. The maximum atomic E-state index is 12.4. The lowest BCUT2D eigenvalue weighted by Crippen LogP contribution is -2.16. The van der Waals surface area contributed by atoms with E-state index in [1.54, 1.807) is 6.07 Å². The number of sulfone groups is 1. The van der Waals surface area contributed by atoms with Crippen molar-refractivity contribution >= 4 is 37.0 Å². The summed E-state index contributed by atoms with van der Waals surface area (Å²) < 4.78 is 23.8. The summed E-state index contributed by atoms with van der Waals surface area (Å²) in [6.45, 7) is 0. The summed E-state index contributed by atoms with van der Waals surface area (Å²) in [5.74, 6) is -0.232. The minimum absolute atomic E-state index is 0.00754. The third-order valence-corrected chi connectivity index (χ3v) is 6.08. The molecule has 0 saturated carbocycles. The number of fused-ring (bicyclic) bond motifs is 1. The highest BCUT2D eigenvalue weighted by atomic mass is 32.2. The van der Waals surface area contributed by atoms with Crippen LogP contribution in [-0.4, -0.2) is 25.7 Å². The van der Waals surface area contributed by atoms with Gasteiger partial charge < -0.3 is 0 Å². The third kappa shape index (κ3) is 1.97. The second kappa shape index (κ2) is 4.17. The van der Waals surface area contributed by atoms with Crippen LogP contribution in [0.3, 0.4) is 0 Å². The normalized spacial score (nSPS) is 22.3. The minimum atomic E-state index is -3.01. The van der Waals surface area contributed by atoms with Gasteiger partial charge in [-0.1, -0.05) is 12.1 Å². The van der Waals surface area contributed by atoms with Crippen LogP contribution < -0.4 is 0 Å². The topological polar surface area (TPSA) is 51.2 Å². The van der Waals surface area contributed by atoms with Gasteiger partial charge >= 0.3 is 0 Å². The molecular weight excluding hydrogens is 268 g/mol. The zero-order valence-corrected chi connectivity index (χ0v) is 11.3. The van der Waals surface area contributed by atoms with E-state index in [0.717, 1.165) is 10.1 Å². The van der Waals surface area contributed by atoms with Crippen LogP contribution in [0.4, 0.5) is 0 Å². The fraction of sp³-hybridized carbons (Fsp3) is 0.308. The van der Waals surface area contributed by atoms with E-state index in [1.807, 2.05) is 23.6 Å². The molecule has 18 heavy (non-hydrogen) atoms. The summed E-state index contributed by atoms with van der Waals surface area (Å²) in [5.41, 5.74) is 0.671. The molecule has 1 aliphatic rings. The highest BCUT2D eigenvalue weighted by molar-refractivity contribution is 7.91. The lowest BCUT2D eigenvalue weighted by atomic mass is 9.96. The lowest BCUT2D eigenvalue weighted by molar-refractivity contribution is 0.0935. The van der Waals surface area contributed by atoms with Crippen molar-refractivity contribution in [1.82, 2.24) is 0 Å². The van der Waals surface area contributed by atoms with E-state index in [0.29, 0.717) is 12.0 Å². The number of benzene rings is 1. The van der Waals surface area contributed by atoms with Gasteiger partial charge in [-0.05, 0) is 29.3 Å². The third-order valence-electron chi connectivity index (χ3n) is 3.35. The Morgan fingerprint density at radius 3 is 2.83 bits per heavy atom. The zero-order chi connectivity index (χ0) is 12.8. The van der Waals surface area contributed by atoms with Gasteiger partial charge in [0, 0.05) is 16.2 Å². The Hall–Kier alpha value is -1.20. The minimum Gasteiger partial charge on any atom is -0.294 e. The van der Waals surface area contributed by atoms with Gasteiger partial charge in [-0.2, -0.15) is 0 Å². The van der Waals surface area contributed by atoms with Crippen molar-refractivity contribution in [2.24, 2.45) is 5.92 Å². The number of thiophene rings is 1. The van der Waals surface area contributed by atoms with E-state index in [2.05, 4.69) is 0 Å². The average Bonchev–Trinajstić information content (AvgIpc) is 2.93. The van der Waals surface area contributed by atoms with Gasteiger partial charge in [-0.3, -0.25) is 4.79 Å². The molecule has 0 bridgehead atoms.